The third kappa shape index (κ3) is 2.13. The molecule has 0 aliphatic carbocycles. The molecule has 0 aromatic carbocycles. The van der Waals surface area contributed by atoms with Gasteiger partial charge in [0.1, 0.15) is 0 Å². The minimum atomic E-state index is -0.0776. The van der Waals surface area contributed by atoms with Crippen LogP contribution in [-0.2, 0) is 4.84 Å². The first-order valence-electron chi connectivity index (χ1n) is 4.47. The Kier molecular flexibility index (Phi) is 3.66. The molecule has 1 aromatic rings. The predicted molar refractivity (Wildman–Crippen MR) is 57.5 cm³/mol. The highest BCUT2D eigenvalue weighted by Gasteiger charge is 2.18. The van der Waals surface area contributed by atoms with E-state index in [-0.39, 0.29) is 5.91 Å². The van der Waals surface area contributed by atoms with Gasteiger partial charge in [-0.05, 0) is 22.9 Å². The number of amides is 1. The van der Waals surface area contributed by atoms with E-state index in [4.69, 9.17) is 4.84 Å². The maximum absolute atomic E-state index is 11.8. The largest absolute Gasteiger partial charge is 0.287 e. The summed E-state index contributed by atoms with van der Waals surface area (Å²) in [6.45, 7) is 4.15. The average Bonchev–Trinajstić information content (AvgIpc) is 2.63. The van der Waals surface area contributed by atoms with Gasteiger partial charge in [0.2, 0.25) is 0 Å². The van der Waals surface area contributed by atoms with Crippen LogP contribution < -0.4 is 0 Å². The molecule has 14 heavy (non-hydrogen) atoms. The molecule has 0 aliphatic heterocycles. The number of carbonyl (C=O) groups excluding carboxylic acids is 1. The smallest absolute Gasteiger partial charge is 0.274 e. The van der Waals surface area contributed by atoms with Gasteiger partial charge in [-0.25, -0.2) is 5.06 Å². The molecular weight excluding hydrogens is 198 g/mol. The van der Waals surface area contributed by atoms with Gasteiger partial charge in [-0.3, -0.25) is 9.63 Å². The summed E-state index contributed by atoms with van der Waals surface area (Å²) in [5, 5.41) is 3.18. The topological polar surface area (TPSA) is 29.5 Å². The van der Waals surface area contributed by atoms with Crippen molar-refractivity contribution in [3.63, 3.8) is 0 Å². The summed E-state index contributed by atoms with van der Waals surface area (Å²) in [5.74, 6) is 0.289. The lowest BCUT2D eigenvalue weighted by Gasteiger charge is -2.14. The Morgan fingerprint density at radius 1 is 1.57 bits per heavy atom. The van der Waals surface area contributed by atoms with Crippen molar-refractivity contribution in [3.8, 4) is 0 Å². The van der Waals surface area contributed by atoms with Crippen molar-refractivity contribution >= 4 is 17.2 Å². The highest BCUT2D eigenvalue weighted by Crippen LogP contribution is 2.25. The number of hydrogen-bond donors (Lipinski definition) is 0. The van der Waals surface area contributed by atoms with Crippen molar-refractivity contribution in [2.24, 2.45) is 0 Å². The number of hydrogen-bond acceptors (Lipinski definition) is 3. The summed E-state index contributed by atoms with van der Waals surface area (Å²) < 4.78 is 0. The van der Waals surface area contributed by atoms with Crippen LogP contribution in [0, 0.1) is 0 Å². The van der Waals surface area contributed by atoms with Crippen LogP contribution >= 0.6 is 11.3 Å². The summed E-state index contributed by atoms with van der Waals surface area (Å²) in [6.07, 6.45) is 0. The Labute approximate surface area is 88.3 Å². The number of thiophene rings is 1. The van der Waals surface area contributed by atoms with Crippen molar-refractivity contribution in [3.05, 3.63) is 21.9 Å². The third-order valence-corrected chi connectivity index (χ3v) is 2.99. The monoisotopic (exact) mass is 213 g/mol. The fraction of sp³-hybridized carbons (Fsp3) is 0.500. The Bertz CT molecular complexity index is 320. The van der Waals surface area contributed by atoms with Gasteiger partial charge in [-0.15, -0.1) is 11.3 Å². The lowest BCUT2D eigenvalue weighted by atomic mass is 10.0. The van der Waals surface area contributed by atoms with Crippen LogP contribution in [-0.4, -0.2) is 25.1 Å². The summed E-state index contributed by atoms with van der Waals surface area (Å²) in [6, 6.07) is 1.99. The molecular formula is C10H15NO2S. The van der Waals surface area contributed by atoms with Gasteiger partial charge in [-0.1, -0.05) is 13.8 Å². The van der Waals surface area contributed by atoms with E-state index in [1.54, 1.807) is 7.05 Å². The van der Waals surface area contributed by atoms with Crippen molar-refractivity contribution in [2.75, 3.05) is 14.2 Å². The molecule has 0 unspecified atom stereocenters. The highest BCUT2D eigenvalue weighted by atomic mass is 32.1. The van der Waals surface area contributed by atoms with E-state index in [9.17, 15) is 4.79 Å². The van der Waals surface area contributed by atoms with E-state index in [1.807, 2.05) is 11.4 Å². The van der Waals surface area contributed by atoms with E-state index in [1.165, 1.54) is 23.5 Å². The molecule has 0 spiro atoms. The minimum absolute atomic E-state index is 0.0776. The van der Waals surface area contributed by atoms with Crippen LogP contribution in [0.15, 0.2) is 11.4 Å². The SMILES string of the molecule is CON(C)C(=O)c1sccc1C(C)C. The molecule has 0 N–H and O–H groups in total. The fourth-order valence-electron chi connectivity index (χ4n) is 1.17. The van der Waals surface area contributed by atoms with Crippen LogP contribution in [0.3, 0.4) is 0 Å². The van der Waals surface area contributed by atoms with E-state index < -0.39 is 0 Å². The molecule has 78 valence electrons. The second-order valence-corrected chi connectivity index (χ2v) is 4.26. The molecule has 0 fully saturated rings. The van der Waals surface area contributed by atoms with Crippen LogP contribution in [0.25, 0.3) is 0 Å². The zero-order chi connectivity index (χ0) is 10.7. The van der Waals surface area contributed by atoms with Crippen LogP contribution in [0.4, 0.5) is 0 Å². The number of hydroxylamine groups is 2. The first-order chi connectivity index (χ1) is 6.57. The standard InChI is InChI=1S/C10H15NO2S/c1-7(2)8-5-6-14-9(8)10(12)11(3)13-4/h5-7H,1-4H3. The zero-order valence-corrected chi connectivity index (χ0v) is 9.72. The lowest BCUT2D eigenvalue weighted by molar-refractivity contribution is -0.0754. The highest BCUT2D eigenvalue weighted by molar-refractivity contribution is 7.12. The lowest BCUT2D eigenvalue weighted by Crippen LogP contribution is -2.25. The third-order valence-electron chi connectivity index (χ3n) is 2.07. The van der Waals surface area contributed by atoms with E-state index in [2.05, 4.69) is 13.8 Å². The van der Waals surface area contributed by atoms with Crippen molar-refractivity contribution in [1.82, 2.24) is 5.06 Å². The first-order valence-corrected chi connectivity index (χ1v) is 5.35. The quantitative estimate of drug-likeness (QED) is 0.722. The normalized spacial score (nSPS) is 10.6. The molecule has 0 bridgehead atoms. The van der Waals surface area contributed by atoms with E-state index in [0.717, 1.165) is 10.4 Å². The molecule has 0 saturated carbocycles. The van der Waals surface area contributed by atoms with Gasteiger partial charge in [0.05, 0.1) is 12.0 Å². The Hall–Kier alpha value is -0.870. The first kappa shape index (κ1) is 11.2. The Morgan fingerprint density at radius 2 is 2.21 bits per heavy atom. The van der Waals surface area contributed by atoms with Gasteiger partial charge in [0.25, 0.3) is 5.91 Å². The van der Waals surface area contributed by atoms with Crippen molar-refractivity contribution in [1.29, 1.82) is 0 Å². The predicted octanol–water partition coefficient (Wildman–Crippen LogP) is 2.50. The number of rotatable bonds is 3. The maximum atomic E-state index is 11.8. The van der Waals surface area contributed by atoms with E-state index in [0.29, 0.717) is 5.92 Å². The minimum Gasteiger partial charge on any atom is -0.274 e. The van der Waals surface area contributed by atoms with Gasteiger partial charge in [-0.2, -0.15) is 0 Å². The molecule has 1 amide bonds. The Morgan fingerprint density at radius 3 is 2.71 bits per heavy atom. The van der Waals surface area contributed by atoms with Gasteiger partial charge in [0, 0.05) is 7.05 Å². The molecule has 3 nitrogen and oxygen atoms in total. The molecule has 1 aromatic heterocycles. The van der Waals surface area contributed by atoms with Crippen molar-refractivity contribution < 1.29 is 9.63 Å². The molecule has 1 rings (SSSR count). The molecule has 0 atom stereocenters. The summed E-state index contributed by atoms with van der Waals surface area (Å²) >= 11 is 1.46. The van der Waals surface area contributed by atoms with Crippen LogP contribution in [0.5, 0.6) is 0 Å². The zero-order valence-electron chi connectivity index (χ0n) is 8.90. The molecule has 1 heterocycles. The number of carbonyl (C=O) groups is 1. The summed E-state index contributed by atoms with van der Waals surface area (Å²) in [4.78, 5) is 17.4. The van der Waals surface area contributed by atoms with Gasteiger partial charge in [0.15, 0.2) is 0 Å². The molecule has 0 radical (unpaired) electrons. The number of nitrogens with zero attached hydrogens (tertiary/aromatic N) is 1. The fourth-order valence-corrected chi connectivity index (χ4v) is 2.19. The summed E-state index contributed by atoms with van der Waals surface area (Å²) in [7, 11) is 3.10. The second-order valence-electron chi connectivity index (χ2n) is 3.34. The molecule has 4 heteroatoms. The van der Waals surface area contributed by atoms with E-state index >= 15 is 0 Å². The second kappa shape index (κ2) is 4.57. The molecule has 0 aliphatic rings. The van der Waals surface area contributed by atoms with Gasteiger partial charge < -0.3 is 0 Å². The molecule has 0 saturated heterocycles. The van der Waals surface area contributed by atoms with Crippen molar-refractivity contribution in [2.45, 2.75) is 19.8 Å². The van der Waals surface area contributed by atoms with Crippen LogP contribution in [0.1, 0.15) is 35.0 Å². The van der Waals surface area contributed by atoms with Crippen LogP contribution in [0.2, 0.25) is 0 Å². The van der Waals surface area contributed by atoms with Gasteiger partial charge >= 0.3 is 0 Å². The summed E-state index contributed by atoms with van der Waals surface area (Å²) in [5.41, 5.74) is 1.09. The average molecular weight is 213 g/mol. The Balaban J connectivity index is 2.95. The maximum Gasteiger partial charge on any atom is 0.287 e.